The Morgan fingerprint density at radius 1 is 1.29 bits per heavy atom. The Hall–Kier alpha value is -2.00. The third kappa shape index (κ3) is 4.23. The van der Waals surface area contributed by atoms with E-state index in [4.69, 9.17) is 10.6 Å². The van der Waals surface area contributed by atoms with E-state index in [0.29, 0.717) is 6.61 Å². The van der Waals surface area contributed by atoms with Gasteiger partial charge in [0.15, 0.2) is 0 Å². The fraction of sp³-hybridized carbons (Fsp3) is 0.250. The number of hydrogen-bond acceptors (Lipinski definition) is 7. The van der Waals surface area contributed by atoms with Crippen molar-refractivity contribution in [1.29, 1.82) is 0 Å². The zero-order chi connectivity index (χ0) is 15.2. The third-order valence-corrected chi connectivity index (χ3v) is 3.15. The van der Waals surface area contributed by atoms with Crippen molar-refractivity contribution in [3.8, 4) is 6.01 Å². The Balaban J connectivity index is 2.27. The first-order valence-electron chi connectivity index (χ1n) is 6.10. The molecule has 112 valence electrons. The van der Waals surface area contributed by atoms with Crippen LogP contribution in [-0.2, 0) is 0 Å². The lowest BCUT2D eigenvalue weighted by atomic mass is 10.3. The molecule has 0 radical (unpaired) electrons. The number of hydrazine groups is 1. The van der Waals surface area contributed by atoms with E-state index in [2.05, 4.69) is 20.4 Å². The average molecular weight is 313 g/mol. The van der Waals surface area contributed by atoms with E-state index >= 15 is 0 Å². The number of nitrogens with one attached hydrogen (secondary N) is 1. The molecule has 0 saturated carbocycles. The van der Waals surface area contributed by atoms with Gasteiger partial charge in [-0.2, -0.15) is 15.0 Å². The van der Waals surface area contributed by atoms with Gasteiger partial charge in [0.25, 0.3) is 0 Å². The maximum atomic E-state index is 13.6. The molecule has 1 heterocycles. The van der Waals surface area contributed by atoms with Crippen LogP contribution in [0.3, 0.4) is 0 Å². The van der Waals surface area contributed by atoms with Gasteiger partial charge in [0, 0.05) is 0 Å². The second kappa shape index (κ2) is 7.14. The minimum absolute atomic E-state index is 0.0608. The van der Waals surface area contributed by atoms with Crippen LogP contribution in [0.5, 0.6) is 6.01 Å². The predicted octanol–water partition coefficient (Wildman–Crippen LogP) is 2.38. The molecule has 0 bridgehead atoms. The standard InChI is InChI=1S/C12H13F2N5OS/c1-2-5-20-11-16-10(19-15)17-12(18-11)21-9-6-7(13)3-4-8(9)14/h3-4,6H,2,5,15H2,1H3,(H,16,17,18,19). The van der Waals surface area contributed by atoms with Crippen LogP contribution in [0.15, 0.2) is 28.3 Å². The van der Waals surface area contributed by atoms with Gasteiger partial charge in [0.1, 0.15) is 11.6 Å². The van der Waals surface area contributed by atoms with Gasteiger partial charge in [-0.1, -0.05) is 6.92 Å². The summed E-state index contributed by atoms with van der Waals surface area (Å²) >= 11 is 0.853. The van der Waals surface area contributed by atoms with Crippen LogP contribution in [0, 0.1) is 11.6 Å². The van der Waals surface area contributed by atoms with Crippen LogP contribution in [0.25, 0.3) is 0 Å². The lowest BCUT2D eigenvalue weighted by molar-refractivity contribution is 0.288. The monoisotopic (exact) mass is 313 g/mol. The van der Waals surface area contributed by atoms with E-state index in [9.17, 15) is 8.78 Å². The van der Waals surface area contributed by atoms with Crippen LogP contribution < -0.4 is 16.0 Å². The molecule has 2 aromatic rings. The average Bonchev–Trinajstić information content (AvgIpc) is 2.48. The highest BCUT2D eigenvalue weighted by Gasteiger charge is 2.12. The molecule has 0 unspecified atom stereocenters. The van der Waals surface area contributed by atoms with Gasteiger partial charge < -0.3 is 4.74 Å². The van der Waals surface area contributed by atoms with Crippen LogP contribution in [-0.4, -0.2) is 21.6 Å². The number of rotatable bonds is 6. The van der Waals surface area contributed by atoms with E-state index in [0.717, 1.165) is 36.4 Å². The highest BCUT2D eigenvalue weighted by atomic mass is 32.2. The van der Waals surface area contributed by atoms with E-state index < -0.39 is 11.6 Å². The molecule has 1 aromatic carbocycles. The maximum absolute atomic E-state index is 13.6. The molecule has 1 aromatic heterocycles. The number of benzene rings is 1. The van der Waals surface area contributed by atoms with Crippen molar-refractivity contribution in [3.05, 3.63) is 29.8 Å². The largest absolute Gasteiger partial charge is 0.463 e. The summed E-state index contributed by atoms with van der Waals surface area (Å²) in [4.78, 5) is 12.0. The Morgan fingerprint density at radius 2 is 2.10 bits per heavy atom. The normalized spacial score (nSPS) is 10.5. The number of halogens is 2. The zero-order valence-electron chi connectivity index (χ0n) is 11.1. The number of nitrogens with two attached hydrogens (primary N) is 1. The lowest BCUT2D eigenvalue weighted by Gasteiger charge is -2.07. The minimum atomic E-state index is -0.569. The molecule has 0 aliphatic carbocycles. The first-order chi connectivity index (χ1) is 10.1. The Labute approximate surface area is 124 Å². The summed E-state index contributed by atoms with van der Waals surface area (Å²) in [7, 11) is 0. The molecule has 0 fully saturated rings. The molecular weight excluding hydrogens is 300 g/mol. The molecule has 3 N–H and O–H groups in total. The summed E-state index contributed by atoms with van der Waals surface area (Å²) in [5.41, 5.74) is 2.27. The fourth-order valence-corrected chi connectivity index (χ4v) is 2.15. The van der Waals surface area contributed by atoms with Crippen molar-refractivity contribution in [1.82, 2.24) is 15.0 Å². The van der Waals surface area contributed by atoms with Crippen LogP contribution in [0.2, 0.25) is 0 Å². The topological polar surface area (TPSA) is 86.0 Å². The van der Waals surface area contributed by atoms with Crippen molar-refractivity contribution < 1.29 is 13.5 Å². The Morgan fingerprint density at radius 3 is 2.81 bits per heavy atom. The molecule has 0 atom stereocenters. The van der Waals surface area contributed by atoms with E-state index in [-0.39, 0.29) is 22.0 Å². The molecule has 0 spiro atoms. The first kappa shape index (κ1) is 15.4. The van der Waals surface area contributed by atoms with Crippen molar-refractivity contribution in [3.63, 3.8) is 0 Å². The smallest absolute Gasteiger partial charge is 0.322 e. The number of ether oxygens (including phenoxy) is 1. The second-order valence-corrected chi connectivity index (χ2v) is 4.90. The van der Waals surface area contributed by atoms with Gasteiger partial charge in [-0.3, -0.25) is 5.43 Å². The summed E-state index contributed by atoms with van der Waals surface area (Å²) in [6, 6.07) is 3.20. The van der Waals surface area contributed by atoms with E-state index in [1.807, 2.05) is 6.92 Å². The van der Waals surface area contributed by atoms with Crippen molar-refractivity contribution in [2.24, 2.45) is 5.84 Å². The van der Waals surface area contributed by atoms with Gasteiger partial charge >= 0.3 is 6.01 Å². The Bertz CT molecular complexity index is 629. The predicted molar refractivity (Wildman–Crippen MR) is 73.9 cm³/mol. The zero-order valence-corrected chi connectivity index (χ0v) is 12.0. The molecule has 0 aliphatic heterocycles. The van der Waals surface area contributed by atoms with Gasteiger partial charge in [0.2, 0.25) is 11.1 Å². The van der Waals surface area contributed by atoms with Crippen molar-refractivity contribution in [2.75, 3.05) is 12.0 Å². The highest BCUT2D eigenvalue weighted by molar-refractivity contribution is 7.99. The van der Waals surface area contributed by atoms with E-state index in [1.165, 1.54) is 0 Å². The molecule has 0 amide bonds. The quantitative estimate of drug-likeness (QED) is 0.625. The number of aromatic nitrogens is 3. The van der Waals surface area contributed by atoms with Gasteiger partial charge in [0.05, 0.1) is 11.5 Å². The number of anilines is 1. The molecule has 6 nitrogen and oxygen atoms in total. The van der Waals surface area contributed by atoms with Crippen molar-refractivity contribution in [2.45, 2.75) is 23.4 Å². The summed E-state index contributed by atoms with van der Waals surface area (Å²) in [6.07, 6.45) is 0.776. The highest BCUT2D eigenvalue weighted by Crippen LogP contribution is 2.29. The molecular formula is C12H13F2N5OS. The summed E-state index contributed by atoms with van der Waals surface area (Å²) in [5, 5.41) is 0.147. The van der Waals surface area contributed by atoms with E-state index in [1.54, 1.807) is 0 Å². The molecule has 21 heavy (non-hydrogen) atoms. The van der Waals surface area contributed by atoms with Crippen molar-refractivity contribution >= 4 is 17.7 Å². The van der Waals surface area contributed by atoms with Crippen LogP contribution >= 0.6 is 11.8 Å². The van der Waals surface area contributed by atoms with Gasteiger partial charge in [-0.05, 0) is 36.4 Å². The summed E-state index contributed by atoms with van der Waals surface area (Å²) in [5.74, 6) is 4.22. The fourth-order valence-electron chi connectivity index (χ4n) is 1.36. The Kier molecular flexibility index (Phi) is 5.23. The van der Waals surface area contributed by atoms with Gasteiger partial charge in [-0.15, -0.1) is 0 Å². The van der Waals surface area contributed by atoms with Gasteiger partial charge in [-0.25, -0.2) is 14.6 Å². The molecule has 0 aliphatic rings. The maximum Gasteiger partial charge on any atom is 0.322 e. The molecule has 0 saturated heterocycles. The lowest BCUT2D eigenvalue weighted by Crippen LogP contribution is -2.13. The SMILES string of the molecule is CCCOc1nc(NN)nc(Sc2cc(F)ccc2F)n1. The first-order valence-corrected chi connectivity index (χ1v) is 6.92. The summed E-state index contributed by atoms with van der Waals surface area (Å²) < 4.78 is 32.1. The summed E-state index contributed by atoms with van der Waals surface area (Å²) in [6.45, 7) is 2.35. The molecule has 9 heteroatoms. The van der Waals surface area contributed by atoms with Crippen LogP contribution in [0.4, 0.5) is 14.7 Å². The second-order valence-electron chi connectivity index (χ2n) is 3.89. The third-order valence-electron chi connectivity index (χ3n) is 2.25. The minimum Gasteiger partial charge on any atom is -0.463 e. The number of hydrogen-bond donors (Lipinski definition) is 2. The number of nitrogens with zero attached hydrogens (tertiary/aromatic N) is 3. The number of nitrogen functional groups attached to an aromatic ring is 1. The van der Waals surface area contributed by atoms with Crippen LogP contribution in [0.1, 0.15) is 13.3 Å². The molecule has 2 rings (SSSR count).